The highest BCUT2D eigenvalue weighted by Crippen LogP contribution is 2.28. The molecule has 2 amide bonds. The molecule has 4 aromatic carbocycles. The smallest absolute Gasteiger partial charge is 0.257 e. The third-order valence-electron chi connectivity index (χ3n) is 7.78. The summed E-state index contributed by atoms with van der Waals surface area (Å²) < 4.78 is 0. The predicted octanol–water partition coefficient (Wildman–Crippen LogP) is 8.63. The summed E-state index contributed by atoms with van der Waals surface area (Å²) in [6, 6.07) is 39.9. The molecule has 222 valence electrons. The van der Waals surface area contributed by atoms with Gasteiger partial charge < -0.3 is 10.6 Å². The van der Waals surface area contributed by atoms with Crippen molar-refractivity contribution in [2.75, 3.05) is 10.6 Å². The predicted molar refractivity (Wildman–Crippen MR) is 184 cm³/mol. The Bertz CT molecular complexity index is 2140. The van der Waals surface area contributed by atoms with Crippen LogP contribution in [0.2, 0.25) is 0 Å². The van der Waals surface area contributed by atoms with Gasteiger partial charge in [-0.25, -0.2) is 15.0 Å². The Balaban J connectivity index is 1.18. The van der Waals surface area contributed by atoms with Crippen LogP contribution in [0.3, 0.4) is 0 Å². The molecule has 0 atom stereocenters. The molecule has 0 saturated heterocycles. The molecule has 0 saturated carbocycles. The first-order chi connectivity index (χ1) is 22.4. The molecule has 0 unspecified atom stereocenters. The molecule has 0 spiro atoms. The van der Waals surface area contributed by atoms with Gasteiger partial charge in [-0.15, -0.1) is 0 Å². The van der Waals surface area contributed by atoms with Gasteiger partial charge in [-0.3, -0.25) is 9.59 Å². The van der Waals surface area contributed by atoms with Crippen LogP contribution in [0, 0.1) is 13.8 Å². The van der Waals surface area contributed by atoms with Crippen LogP contribution >= 0.6 is 0 Å². The molecule has 7 aromatic rings. The number of nitrogens with one attached hydrogen (secondary N) is 2. The van der Waals surface area contributed by atoms with Gasteiger partial charge in [0.15, 0.2) is 0 Å². The zero-order valence-corrected chi connectivity index (χ0v) is 25.3. The number of nitrogens with zero attached hydrogens (tertiary/aromatic N) is 3. The van der Waals surface area contributed by atoms with Crippen molar-refractivity contribution in [3.63, 3.8) is 0 Å². The average Bonchev–Trinajstić information content (AvgIpc) is 3.07. The number of anilines is 2. The Morgan fingerprint density at radius 1 is 0.478 bits per heavy atom. The van der Waals surface area contributed by atoms with Gasteiger partial charge in [-0.1, -0.05) is 90.0 Å². The summed E-state index contributed by atoms with van der Waals surface area (Å²) in [5.41, 5.74) is 7.86. The van der Waals surface area contributed by atoms with Crippen molar-refractivity contribution >= 4 is 45.3 Å². The first-order valence-electron chi connectivity index (χ1n) is 14.9. The molecule has 3 aromatic heterocycles. The van der Waals surface area contributed by atoms with Crippen LogP contribution < -0.4 is 10.6 Å². The van der Waals surface area contributed by atoms with Crippen LogP contribution in [0.1, 0.15) is 31.8 Å². The second-order valence-electron chi connectivity index (χ2n) is 11.2. The van der Waals surface area contributed by atoms with E-state index in [2.05, 4.69) is 15.6 Å². The minimum absolute atomic E-state index is 0.306. The van der Waals surface area contributed by atoms with Crippen molar-refractivity contribution in [1.29, 1.82) is 0 Å². The van der Waals surface area contributed by atoms with E-state index in [4.69, 9.17) is 9.97 Å². The summed E-state index contributed by atoms with van der Waals surface area (Å²) in [7, 11) is 0. The largest absolute Gasteiger partial charge is 0.306 e. The molecule has 0 aliphatic heterocycles. The summed E-state index contributed by atoms with van der Waals surface area (Å²) in [5.74, 6) is -0.0422. The fourth-order valence-corrected chi connectivity index (χ4v) is 5.57. The topological polar surface area (TPSA) is 96.9 Å². The summed E-state index contributed by atoms with van der Waals surface area (Å²) in [6.45, 7) is 4.05. The number of pyridine rings is 3. The Kier molecular flexibility index (Phi) is 7.48. The number of aryl methyl sites for hydroxylation is 2. The van der Waals surface area contributed by atoms with Crippen LogP contribution in [0.5, 0.6) is 0 Å². The maximum atomic E-state index is 13.7. The van der Waals surface area contributed by atoms with Gasteiger partial charge in [0.2, 0.25) is 0 Å². The molecule has 0 bridgehead atoms. The highest BCUT2D eigenvalue weighted by Gasteiger charge is 2.17. The number of carbonyl (C=O) groups is 2. The third-order valence-corrected chi connectivity index (χ3v) is 7.78. The molecule has 0 aliphatic carbocycles. The molecule has 0 aliphatic rings. The Morgan fingerprint density at radius 3 is 1.37 bits per heavy atom. The molecule has 3 heterocycles. The fraction of sp³-hybridized carbons (Fsp3) is 0.0513. The highest BCUT2D eigenvalue weighted by atomic mass is 16.2. The molecule has 0 fully saturated rings. The van der Waals surface area contributed by atoms with E-state index in [9.17, 15) is 9.59 Å². The number of amides is 2. The molecule has 7 heteroatoms. The van der Waals surface area contributed by atoms with E-state index < -0.39 is 0 Å². The minimum Gasteiger partial charge on any atom is -0.306 e. The number of para-hydroxylation sites is 2. The van der Waals surface area contributed by atoms with Crippen molar-refractivity contribution in [1.82, 2.24) is 15.0 Å². The fourth-order valence-electron chi connectivity index (χ4n) is 5.57. The van der Waals surface area contributed by atoms with Gasteiger partial charge in [0, 0.05) is 21.9 Å². The van der Waals surface area contributed by atoms with Crippen LogP contribution in [0.15, 0.2) is 127 Å². The number of fused-ring (bicyclic) bond motifs is 2. The van der Waals surface area contributed by atoms with E-state index in [1.54, 1.807) is 30.3 Å². The van der Waals surface area contributed by atoms with E-state index in [0.29, 0.717) is 34.2 Å². The van der Waals surface area contributed by atoms with Gasteiger partial charge in [0.25, 0.3) is 11.8 Å². The normalized spacial score (nSPS) is 11.0. The van der Waals surface area contributed by atoms with Crippen LogP contribution in [0.4, 0.5) is 11.6 Å². The van der Waals surface area contributed by atoms with E-state index in [1.807, 2.05) is 111 Å². The zero-order valence-electron chi connectivity index (χ0n) is 25.3. The maximum Gasteiger partial charge on any atom is 0.257 e. The lowest BCUT2D eigenvalue weighted by Gasteiger charge is -2.12. The minimum atomic E-state index is -0.327. The zero-order chi connectivity index (χ0) is 31.6. The Morgan fingerprint density at radius 2 is 0.913 bits per heavy atom. The average molecular weight is 600 g/mol. The van der Waals surface area contributed by atoms with Crippen LogP contribution in [0.25, 0.3) is 44.3 Å². The summed E-state index contributed by atoms with van der Waals surface area (Å²) in [6.07, 6.45) is 0. The van der Waals surface area contributed by atoms with Gasteiger partial charge in [-0.2, -0.15) is 0 Å². The molecule has 7 rings (SSSR count). The molecule has 0 radical (unpaired) electrons. The van der Waals surface area contributed by atoms with Crippen molar-refractivity contribution in [2.24, 2.45) is 0 Å². The number of aromatic nitrogens is 3. The summed E-state index contributed by atoms with van der Waals surface area (Å²) in [5, 5.41) is 7.30. The van der Waals surface area contributed by atoms with Crippen LogP contribution in [-0.2, 0) is 0 Å². The quantitative estimate of drug-likeness (QED) is 0.199. The highest BCUT2D eigenvalue weighted by molar-refractivity contribution is 6.14. The van der Waals surface area contributed by atoms with Gasteiger partial charge >= 0.3 is 0 Å². The van der Waals surface area contributed by atoms with E-state index >= 15 is 0 Å². The van der Waals surface area contributed by atoms with E-state index in [1.165, 1.54) is 0 Å². The Labute approximate surface area is 266 Å². The number of carbonyl (C=O) groups excluding carboxylic acids is 2. The van der Waals surface area contributed by atoms with Crippen LogP contribution in [-0.4, -0.2) is 26.8 Å². The van der Waals surface area contributed by atoms with Crippen molar-refractivity contribution in [3.05, 3.63) is 150 Å². The third kappa shape index (κ3) is 5.81. The second-order valence-corrected chi connectivity index (χ2v) is 11.2. The molecule has 7 nitrogen and oxygen atoms in total. The Hall–Kier alpha value is -6.21. The van der Waals surface area contributed by atoms with Gasteiger partial charge in [-0.05, 0) is 62.4 Å². The van der Waals surface area contributed by atoms with E-state index in [-0.39, 0.29) is 11.8 Å². The van der Waals surface area contributed by atoms with Crippen molar-refractivity contribution in [3.8, 4) is 22.5 Å². The van der Waals surface area contributed by atoms with Gasteiger partial charge in [0.05, 0.1) is 33.5 Å². The summed E-state index contributed by atoms with van der Waals surface area (Å²) >= 11 is 0. The monoisotopic (exact) mass is 599 g/mol. The number of rotatable bonds is 6. The standard InChI is InChI=1S/C39H29N5O2/c1-24-10-7-12-26(20-24)34-22-30(28-14-3-5-16-32(28)40-34)38(45)43-36-18-9-19-37(42-36)44-39(46)31-23-35(27-13-8-11-25(2)21-27)41-33-17-6-4-15-29(31)33/h3-23H,1-2H3,(H2,42,43,44,45,46). The lowest BCUT2D eigenvalue weighted by molar-refractivity contribution is 0.102. The molecular formula is C39H29N5O2. The SMILES string of the molecule is Cc1cccc(-c2cc(C(=O)Nc3cccc(NC(=O)c4cc(-c5cccc(C)c5)nc5ccccc45)n3)c3ccccc3n2)c1. The van der Waals surface area contributed by atoms with Crippen molar-refractivity contribution < 1.29 is 9.59 Å². The lowest BCUT2D eigenvalue weighted by atomic mass is 10.0. The molecule has 2 N–H and O–H groups in total. The summed E-state index contributed by atoms with van der Waals surface area (Å²) in [4.78, 5) is 41.6. The number of hydrogen-bond acceptors (Lipinski definition) is 5. The first kappa shape index (κ1) is 28.6. The number of hydrogen-bond donors (Lipinski definition) is 2. The van der Waals surface area contributed by atoms with Crippen molar-refractivity contribution in [2.45, 2.75) is 13.8 Å². The van der Waals surface area contributed by atoms with Gasteiger partial charge in [0.1, 0.15) is 11.6 Å². The lowest BCUT2D eigenvalue weighted by Crippen LogP contribution is -2.17. The second kappa shape index (κ2) is 12.1. The maximum absolute atomic E-state index is 13.7. The molecule has 46 heavy (non-hydrogen) atoms. The first-order valence-corrected chi connectivity index (χ1v) is 14.9. The van der Waals surface area contributed by atoms with E-state index in [0.717, 1.165) is 44.1 Å². The number of benzene rings is 4. The molecular weight excluding hydrogens is 570 g/mol.